The van der Waals surface area contributed by atoms with Crippen LogP contribution in [0.15, 0.2) is 53.1 Å². The number of fused-ring (bicyclic) bond motifs is 1. The molecule has 32 heavy (non-hydrogen) atoms. The second-order valence-electron chi connectivity index (χ2n) is 8.36. The number of carbonyl (C=O) groups is 2. The topological polar surface area (TPSA) is 84.7 Å². The summed E-state index contributed by atoms with van der Waals surface area (Å²) < 4.78 is 10.5. The van der Waals surface area contributed by atoms with Gasteiger partial charge in [-0.2, -0.15) is 0 Å². The third kappa shape index (κ3) is 2.81. The molecule has 2 aliphatic rings. The van der Waals surface area contributed by atoms with E-state index in [4.69, 9.17) is 9.26 Å². The van der Waals surface area contributed by atoms with Gasteiger partial charge in [0.05, 0.1) is 12.8 Å². The summed E-state index contributed by atoms with van der Waals surface area (Å²) in [6.45, 7) is 4.39. The Morgan fingerprint density at radius 2 is 2.00 bits per heavy atom. The van der Waals surface area contributed by atoms with Crippen LogP contribution in [0, 0.1) is 13.8 Å². The van der Waals surface area contributed by atoms with Crippen molar-refractivity contribution in [3.05, 3.63) is 71.1 Å². The highest BCUT2D eigenvalue weighted by atomic mass is 16.5. The molecule has 0 spiro atoms. The first-order chi connectivity index (χ1) is 15.5. The lowest BCUT2D eigenvalue weighted by Crippen LogP contribution is -2.55. The Bertz CT molecular complexity index is 1180. The summed E-state index contributed by atoms with van der Waals surface area (Å²) >= 11 is 0. The average Bonchev–Trinajstić information content (AvgIpc) is 3.49. The molecule has 5 rings (SSSR count). The zero-order valence-corrected chi connectivity index (χ0v) is 18.3. The van der Waals surface area contributed by atoms with E-state index in [2.05, 4.69) is 10.5 Å². The molecule has 3 heterocycles. The molecule has 164 valence electrons. The third-order valence-electron chi connectivity index (χ3n) is 6.66. The molecule has 3 aromatic rings. The van der Waals surface area contributed by atoms with Gasteiger partial charge in [-0.25, -0.2) is 0 Å². The number of methoxy groups -OCH3 is 1. The van der Waals surface area contributed by atoms with Gasteiger partial charge in [0.15, 0.2) is 5.54 Å². The predicted octanol–water partition coefficient (Wildman–Crippen LogP) is 3.79. The van der Waals surface area contributed by atoms with Crippen LogP contribution in [0.4, 0.5) is 5.69 Å². The number of carbonyl (C=O) groups excluding carboxylic acids is 2. The maximum atomic E-state index is 13.8. The first-order valence-corrected chi connectivity index (χ1v) is 10.8. The number of rotatable bonds is 4. The molecule has 0 bridgehead atoms. The van der Waals surface area contributed by atoms with Gasteiger partial charge in [0.2, 0.25) is 0 Å². The molecule has 1 saturated heterocycles. The van der Waals surface area contributed by atoms with E-state index in [0.717, 1.165) is 45.8 Å². The van der Waals surface area contributed by atoms with Crippen LogP contribution < -0.4 is 5.32 Å². The number of benzene rings is 2. The van der Waals surface area contributed by atoms with Gasteiger partial charge in [0.25, 0.3) is 5.91 Å². The molecule has 2 aliphatic heterocycles. The van der Waals surface area contributed by atoms with E-state index >= 15 is 0 Å². The van der Waals surface area contributed by atoms with Gasteiger partial charge < -0.3 is 14.6 Å². The summed E-state index contributed by atoms with van der Waals surface area (Å²) in [6, 6.07) is 15.1. The lowest BCUT2D eigenvalue weighted by atomic mass is 9.80. The number of hydrogen-bond donors (Lipinski definition) is 1. The van der Waals surface area contributed by atoms with E-state index in [1.165, 1.54) is 7.11 Å². The summed E-state index contributed by atoms with van der Waals surface area (Å²) in [4.78, 5) is 28.5. The molecule has 1 N–H and O–H groups in total. The molecule has 0 radical (unpaired) electrons. The van der Waals surface area contributed by atoms with Crippen molar-refractivity contribution >= 4 is 17.6 Å². The van der Waals surface area contributed by atoms with Crippen LogP contribution in [0.2, 0.25) is 0 Å². The maximum Gasteiger partial charge on any atom is 0.323 e. The lowest BCUT2D eigenvalue weighted by molar-refractivity contribution is -0.148. The molecule has 1 fully saturated rings. The highest BCUT2D eigenvalue weighted by Crippen LogP contribution is 2.49. The number of anilines is 1. The predicted molar refractivity (Wildman–Crippen MR) is 119 cm³/mol. The summed E-state index contributed by atoms with van der Waals surface area (Å²) in [5.41, 5.74) is 3.88. The Labute approximate surface area is 186 Å². The molecular formula is C25H25N3O4. The highest BCUT2D eigenvalue weighted by Gasteiger charge is 2.57. The van der Waals surface area contributed by atoms with Crippen LogP contribution in [-0.4, -0.2) is 41.6 Å². The van der Waals surface area contributed by atoms with E-state index < -0.39 is 11.6 Å². The van der Waals surface area contributed by atoms with Gasteiger partial charge >= 0.3 is 5.97 Å². The Hall–Kier alpha value is -3.45. The van der Waals surface area contributed by atoms with Crippen molar-refractivity contribution in [1.82, 2.24) is 10.1 Å². The zero-order valence-electron chi connectivity index (χ0n) is 18.3. The smallest absolute Gasteiger partial charge is 0.323 e. The van der Waals surface area contributed by atoms with Crippen LogP contribution in [0.25, 0.3) is 11.1 Å². The summed E-state index contributed by atoms with van der Waals surface area (Å²) in [6.07, 6.45) is 1.45. The first-order valence-electron chi connectivity index (χ1n) is 10.8. The van der Waals surface area contributed by atoms with Crippen molar-refractivity contribution in [1.29, 1.82) is 0 Å². The highest BCUT2D eigenvalue weighted by molar-refractivity contribution is 6.09. The molecule has 0 unspecified atom stereocenters. The molecular weight excluding hydrogens is 406 g/mol. The van der Waals surface area contributed by atoms with E-state index in [9.17, 15) is 9.59 Å². The van der Waals surface area contributed by atoms with Crippen molar-refractivity contribution < 1.29 is 18.8 Å². The molecule has 7 heteroatoms. The molecule has 1 amide bonds. The Kier molecular flexibility index (Phi) is 4.86. The molecule has 7 nitrogen and oxygen atoms in total. The minimum absolute atomic E-state index is 0.162. The van der Waals surface area contributed by atoms with Gasteiger partial charge in [0.1, 0.15) is 11.8 Å². The number of esters is 1. The van der Waals surface area contributed by atoms with E-state index in [1.807, 2.05) is 67.3 Å². The Balaban J connectivity index is 1.77. The van der Waals surface area contributed by atoms with Crippen molar-refractivity contribution in [3.8, 4) is 11.1 Å². The number of nitrogens with zero attached hydrogens (tertiary/aromatic N) is 2. The molecule has 2 atom stereocenters. The minimum Gasteiger partial charge on any atom is -0.468 e. The lowest BCUT2D eigenvalue weighted by Gasteiger charge is -2.40. The Morgan fingerprint density at radius 3 is 2.69 bits per heavy atom. The standard InChI is InChI=1S/C25H25N3O4/c1-15-22(16(2)32-27-15)17-11-12-20-19(14-17)25(24(30)26-20,18-8-5-4-6-9-18)28-13-7-10-21(28)23(29)31-3/h4-6,8-9,11-12,14,21H,7,10,13H2,1-3H3,(H,26,30)/t21-,25-/m1/s1. The molecule has 0 saturated carbocycles. The van der Waals surface area contributed by atoms with Crippen molar-refractivity contribution in [2.75, 3.05) is 19.0 Å². The van der Waals surface area contributed by atoms with Crippen LogP contribution >= 0.6 is 0 Å². The number of likely N-dealkylation sites (tertiary alicyclic amines) is 1. The SMILES string of the molecule is COC(=O)[C@H]1CCCN1[C@@]1(c2ccccc2)C(=O)Nc2ccc(-c3c(C)noc3C)cc21. The van der Waals surface area contributed by atoms with Crippen LogP contribution in [-0.2, 0) is 19.9 Å². The minimum atomic E-state index is -1.14. The normalized spacial score (nSPS) is 22.6. The second-order valence-corrected chi connectivity index (χ2v) is 8.36. The average molecular weight is 431 g/mol. The number of aromatic nitrogens is 1. The van der Waals surface area contributed by atoms with Crippen molar-refractivity contribution in [2.45, 2.75) is 38.3 Å². The third-order valence-corrected chi connectivity index (χ3v) is 6.66. The second kappa shape index (κ2) is 7.60. The quantitative estimate of drug-likeness (QED) is 0.633. The van der Waals surface area contributed by atoms with Gasteiger partial charge in [-0.15, -0.1) is 0 Å². The van der Waals surface area contributed by atoms with Crippen molar-refractivity contribution in [3.63, 3.8) is 0 Å². The van der Waals surface area contributed by atoms with Gasteiger partial charge in [-0.05, 0) is 49.9 Å². The molecule has 2 aromatic carbocycles. The van der Waals surface area contributed by atoms with Crippen LogP contribution in [0.5, 0.6) is 0 Å². The maximum absolute atomic E-state index is 13.8. The van der Waals surface area contributed by atoms with Crippen molar-refractivity contribution in [2.24, 2.45) is 0 Å². The number of amides is 1. The fraction of sp³-hybridized carbons (Fsp3) is 0.320. The number of nitrogens with one attached hydrogen (secondary N) is 1. The fourth-order valence-electron chi connectivity index (χ4n) is 5.30. The van der Waals surface area contributed by atoms with E-state index in [1.54, 1.807) is 0 Å². The summed E-state index contributed by atoms with van der Waals surface area (Å²) in [7, 11) is 1.40. The van der Waals surface area contributed by atoms with Gasteiger partial charge in [-0.1, -0.05) is 41.6 Å². The Morgan fingerprint density at radius 1 is 1.22 bits per heavy atom. The van der Waals surface area contributed by atoms with Gasteiger partial charge in [0, 0.05) is 23.4 Å². The summed E-state index contributed by atoms with van der Waals surface area (Å²) in [5, 5.41) is 7.16. The van der Waals surface area contributed by atoms with Gasteiger partial charge in [-0.3, -0.25) is 14.5 Å². The monoisotopic (exact) mass is 431 g/mol. The molecule has 1 aromatic heterocycles. The first kappa shape index (κ1) is 20.5. The van der Waals surface area contributed by atoms with Crippen LogP contribution in [0.1, 0.15) is 35.4 Å². The largest absolute Gasteiger partial charge is 0.468 e. The van der Waals surface area contributed by atoms with E-state index in [-0.39, 0.29) is 11.9 Å². The fourth-order valence-corrected chi connectivity index (χ4v) is 5.30. The molecule has 0 aliphatic carbocycles. The summed E-state index contributed by atoms with van der Waals surface area (Å²) in [5.74, 6) is 0.241. The number of hydrogen-bond acceptors (Lipinski definition) is 6. The number of ether oxygens (including phenoxy) is 1. The number of aryl methyl sites for hydroxylation is 2. The zero-order chi connectivity index (χ0) is 22.5. The van der Waals surface area contributed by atoms with Crippen LogP contribution in [0.3, 0.4) is 0 Å². The van der Waals surface area contributed by atoms with E-state index in [0.29, 0.717) is 13.0 Å².